The molecule has 5 heteroatoms. The molecule has 1 aliphatic rings. The predicted molar refractivity (Wildman–Crippen MR) is 81.7 cm³/mol. The molecule has 0 aromatic carbocycles. The van der Waals surface area contributed by atoms with Crippen molar-refractivity contribution in [3.63, 3.8) is 0 Å². The first-order valence-electron chi connectivity index (χ1n) is 6.69. The Balaban J connectivity index is 1.89. The summed E-state index contributed by atoms with van der Waals surface area (Å²) in [7, 11) is 0. The topological polar surface area (TPSA) is 74.7 Å². The van der Waals surface area contributed by atoms with Gasteiger partial charge in [-0.15, -0.1) is 11.3 Å². The fourth-order valence-corrected chi connectivity index (χ4v) is 3.43. The third kappa shape index (κ3) is 2.35. The number of nitriles is 1. The fourth-order valence-electron chi connectivity index (χ4n) is 2.34. The van der Waals surface area contributed by atoms with Crippen LogP contribution in [-0.2, 0) is 0 Å². The van der Waals surface area contributed by atoms with E-state index in [4.69, 9.17) is 11.0 Å². The van der Waals surface area contributed by atoms with Crippen LogP contribution in [0.15, 0.2) is 24.5 Å². The summed E-state index contributed by atoms with van der Waals surface area (Å²) in [6.07, 6.45) is 5.96. The fraction of sp³-hybridized carbons (Fsp3) is 0.333. The molecule has 1 atom stereocenters. The number of pyridine rings is 1. The van der Waals surface area contributed by atoms with Crippen molar-refractivity contribution in [3.05, 3.63) is 40.5 Å². The highest BCUT2D eigenvalue weighted by atomic mass is 32.1. The first kappa shape index (κ1) is 12.9. The lowest BCUT2D eigenvalue weighted by Gasteiger charge is -2.15. The Morgan fingerprint density at radius 2 is 2.35 bits per heavy atom. The Hall–Kier alpha value is -2.06. The summed E-state index contributed by atoms with van der Waals surface area (Å²) in [5.74, 6) is 0.525. The summed E-state index contributed by atoms with van der Waals surface area (Å²) in [5, 5.41) is 13.7. The summed E-state index contributed by atoms with van der Waals surface area (Å²) < 4.78 is 0. The first-order valence-corrected chi connectivity index (χ1v) is 7.51. The maximum absolute atomic E-state index is 9.15. The molecule has 1 unspecified atom stereocenters. The van der Waals surface area contributed by atoms with E-state index in [2.05, 4.69) is 23.3 Å². The Morgan fingerprint density at radius 3 is 2.95 bits per heavy atom. The third-order valence-corrected chi connectivity index (χ3v) is 4.66. The maximum atomic E-state index is 9.15. The number of aromatic nitrogens is 1. The van der Waals surface area contributed by atoms with Gasteiger partial charge in [0.1, 0.15) is 10.9 Å². The van der Waals surface area contributed by atoms with Crippen molar-refractivity contribution in [1.82, 2.24) is 4.98 Å². The van der Waals surface area contributed by atoms with E-state index < -0.39 is 0 Å². The number of nitrogens with one attached hydrogen (secondary N) is 1. The van der Waals surface area contributed by atoms with Crippen molar-refractivity contribution >= 4 is 22.0 Å². The van der Waals surface area contributed by atoms with Crippen LogP contribution in [0.1, 0.15) is 47.7 Å². The molecule has 2 aromatic rings. The van der Waals surface area contributed by atoms with Gasteiger partial charge < -0.3 is 11.1 Å². The standard InChI is InChI=1S/C15H16N4S/c1-9(11-3-2-6-18-8-11)19-15-13(10-4-5-10)14(17)12(7-16)20-15/h2-3,6,8-10,19H,4-5,17H2,1H3. The van der Waals surface area contributed by atoms with Crippen LogP contribution in [-0.4, -0.2) is 4.98 Å². The Morgan fingerprint density at radius 1 is 1.55 bits per heavy atom. The quantitative estimate of drug-likeness (QED) is 0.898. The third-order valence-electron chi connectivity index (χ3n) is 3.60. The highest BCUT2D eigenvalue weighted by Crippen LogP contribution is 2.51. The Kier molecular flexibility index (Phi) is 3.33. The molecule has 4 nitrogen and oxygen atoms in total. The van der Waals surface area contributed by atoms with Gasteiger partial charge in [0.15, 0.2) is 0 Å². The first-order chi connectivity index (χ1) is 9.70. The zero-order valence-electron chi connectivity index (χ0n) is 11.3. The van der Waals surface area contributed by atoms with Crippen LogP contribution in [0.2, 0.25) is 0 Å². The minimum Gasteiger partial charge on any atom is -0.397 e. The molecule has 2 aromatic heterocycles. The number of hydrogen-bond acceptors (Lipinski definition) is 5. The van der Waals surface area contributed by atoms with E-state index in [-0.39, 0.29) is 6.04 Å². The van der Waals surface area contributed by atoms with Crippen LogP contribution in [0, 0.1) is 11.3 Å². The van der Waals surface area contributed by atoms with E-state index in [0.29, 0.717) is 16.5 Å². The second-order valence-electron chi connectivity index (χ2n) is 5.13. The van der Waals surface area contributed by atoms with Gasteiger partial charge in [-0.1, -0.05) is 6.07 Å². The van der Waals surface area contributed by atoms with E-state index in [1.807, 2.05) is 18.3 Å². The minimum atomic E-state index is 0.144. The molecule has 102 valence electrons. The average molecular weight is 284 g/mol. The summed E-state index contributed by atoms with van der Waals surface area (Å²) in [6, 6.07) is 6.31. The Labute approximate surface area is 122 Å². The van der Waals surface area contributed by atoms with Crippen LogP contribution < -0.4 is 11.1 Å². The summed E-state index contributed by atoms with van der Waals surface area (Å²) in [5.41, 5.74) is 9.04. The molecule has 0 aliphatic heterocycles. The molecule has 2 heterocycles. The van der Waals surface area contributed by atoms with Gasteiger partial charge in [0.25, 0.3) is 0 Å². The minimum absolute atomic E-state index is 0.144. The number of rotatable bonds is 4. The van der Waals surface area contributed by atoms with E-state index in [9.17, 15) is 0 Å². The molecule has 0 spiro atoms. The highest BCUT2D eigenvalue weighted by molar-refractivity contribution is 7.17. The van der Waals surface area contributed by atoms with Gasteiger partial charge in [-0.25, -0.2) is 0 Å². The van der Waals surface area contributed by atoms with Gasteiger partial charge in [-0.3, -0.25) is 4.98 Å². The van der Waals surface area contributed by atoms with Crippen LogP contribution in [0.5, 0.6) is 0 Å². The van der Waals surface area contributed by atoms with E-state index in [1.165, 1.54) is 24.2 Å². The monoisotopic (exact) mass is 284 g/mol. The molecular weight excluding hydrogens is 268 g/mol. The second-order valence-corrected chi connectivity index (χ2v) is 6.15. The van der Waals surface area contributed by atoms with Crippen molar-refractivity contribution in [1.29, 1.82) is 5.26 Å². The summed E-state index contributed by atoms with van der Waals surface area (Å²) in [4.78, 5) is 4.76. The van der Waals surface area contributed by atoms with Crippen molar-refractivity contribution in [2.45, 2.75) is 31.7 Å². The SMILES string of the molecule is CC(Nc1sc(C#N)c(N)c1C1CC1)c1cccnc1. The average Bonchev–Trinajstić information content (AvgIpc) is 3.25. The number of thiophene rings is 1. The van der Waals surface area contributed by atoms with Gasteiger partial charge in [0.2, 0.25) is 0 Å². The predicted octanol–water partition coefficient (Wildman–Crippen LogP) is 3.65. The normalized spacial score (nSPS) is 15.6. The van der Waals surface area contributed by atoms with Crippen molar-refractivity contribution in [2.75, 3.05) is 11.1 Å². The van der Waals surface area contributed by atoms with Gasteiger partial charge >= 0.3 is 0 Å². The van der Waals surface area contributed by atoms with Crippen LogP contribution in [0.25, 0.3) is 0 Å². The van der Waals surface area contributed by atoms with Gasteiger partial charge in [-0.2, -0.15) is 5.26 Å². The van der Waals surface area contributed by atoms with Crippen molar-refractivity contribution < 1.29 is 0 Å². The largest absolute Gasteiger partial charge is 0.397 e. The zero-order valence-corrected chi connectivity index (χ0v) is 12.1. The van der Waals surface area contributed by atoms with E-state index in [0.717, 1.165) is 16.1 Å². The summed E-state index contributed by atoms with van der Waals surface area (Å²) >= 11 is 1.46. The molecule has 1 aliphatic carbocycles. The van der Waals surface area contributed by atoms with E-state index >= 15 is 0 Å². The molecule has 20 heavy (non-hydrogen) atoms. The molecular formula is C15H16N4S. The number of nitrogen functional groups attached to an aromatic ring is 1. The van der Waals surface area contributed by atoms with Crippen LogP contribution in [0.4, 0.5) is 10.7 Å². The highest BCUT2D eigenvalue weighted by Gasteiger charge is 2.31. The molecule has 0 amide bonds. The molecule has 0 bridgehead atoms. The number of anilines is 2. The number of nitrogens with two attached hydrogens (primary N) is 1. The summed E-state index contributed by atoms with van der Waals surface area (Å²) in [6.45, 7) is 2.09. The van der Waals surface area contributed by atoms with Crippen molar-refractivity contribution in [3.8, 4) is 6.07 Å². The molecule has 1 saturated carbocycles. The van der Waals surface area contributed by atoms with Gasteiger partial charge in [0.05, 0.1) is 16.7 Å². The lowest BCUT2D eigenvalue weighted by atomic mass is 10.1. The molecule has 3 N–H and O–H groups in total. The number of nitrogens with zero attached hydrogens (tertiary/aromatic N) is 2. The molecule has 0 saturated heterocycles. The molecule has 0 radical (unpaired) electrons. The zero-order chi connectivity index (χ0) is 14.1. The number of hydrogen-bond donors (Lipinski definition) is 2. The Bertz CT molecular complexity index is 653. The lowest BCUT2D eigenvalue weighted by molar-refractivity contribution is 0.876. The lowest BCUT2D eigenvalue weighted by Crippen LogP contribution is -2.07. The molecule has 3 rings (SSSR count). The maximum Gasteiger partial charge on any atom is 0.130 e. The van der Waals surface area contributed by atoms with Gasteiger partial charge in [-0.05, 0) is 37.3 Å². The van der Waals surface area contributed by atoms with Crippen LogP contribution >= 0.6 is 11.3 Å². The van der Waals surface area contributed by atoms with Crippen molar-refractivity contribution in [2.24, 2.45) is 0 Å². The van der Waals surface area contributed by atoms with E-state index in [1.54, 1.807) is 6.20 Å². The smallest absolute Gasteiger partial charge is 0.130 e. The van der Waals surface area contributed by atoms with Crippen LogP contribution in [0.3, 0.4) is 0 Å². The second kappa shape index (κ2) is 5.14. The molecule has 1 fully saturated rings. The van der Waals surface area contributed by atoms with Gasteiger partial charge in [0, 0.05) is 18.0 Å².